The Labute approximate surface area is 134 Å². The van der Waals surface area contributed by atoms with Crippen LogP contribution in [0.3, 0.4) is 0 Å². The topological polar surface area (TPSA) is 24.5 Å². The molecule has 0 bridgehead atoms. The van der Waals surface area contributed by atoms with Crippen molar-refractivity contribution in [1.29, 1.82) is 0 Å². The number of anilines is 1. The molecule has 3 rings (SSSR count). The predicted octanol–water partition coefficient (Wildman–Crippen LogP) is 4.07. The van der Waals surface area contributed by atoms with Crippen LogP contribution in [0.15, 0.2) is 54.6 Å². The van der Waals surface area contributed by atoms with E-state index in [9.17, 15) is 0 Å². The smallest absolute Gasteiger partial charge is 0.175 e. The first-order valence-electron chi connectivity index (χ1n) is 6.74. The van der Waals surface area contributed by atoms with Gasteiger partial charge in [0.15, 0.2) is 11.3 Å². The molecule has 1 fully saturated rings. The zero-order valence-electron chi connectivity index (χ0n) is 11.3. The van der Waals surface area contributed by atoms with Gasteiger partial charge >= 0.3 is 0 Å². The molecule has 0 radical (unpaired) electrons. The third-order valence-electron chi connectivity index (χ3n) is 3.33. The molecule has 1 aliphatic heterocycles. The van der Waals surface area contributed by atoms with Crippen LogP contribution >= 0.6 is 23.8 Å². The van der Waals surface area contributed by atoms with Gasteiger partial charge in [0.2, 0.25) is 0 Å². The molecule has 108 valence electrons. The maximum atomic E-state index is 5.93. The first-order chi connectivity index (χ1) is 10.2. The van der Waals surface area contributed by atoms with Crippen LogP contribution in [0.4, 0.5) is 5.69 Å². The average molecular weight is 319 g/mol. The van der Waals surface area contributed by atoms with Crippen molar-refractivity contribution in [2.45, 2.75) is 6.23 Å². The van der Waals surface area contributed by atoms with E-state index in [4.69, 9.17) is 28.6 Å². The monoisotopic (exact) mass is 318 g/mol. The molecule has 0 aromatic heterocycles. The van der Waals surface area contributed by atoms with Crippen LogP contribution in [-0.2, 0) is 4.74 Å². The Kier molecular flexibility index (Phi) is 4.39. The molecule has 1 unspecified atom stereocenters. The fourth-order valence-electron chi connectivity index (χ4n) is 2.30. The van der Waals surface area contributed by atoms with Gasteiger partial charge in [-0.25, -0.2) is 0 Å². The standard InChI is InChI=1S/C16H15ClN2OS/c17-13-8-6-12(7-9-13)15-19(10-11-20-15)16(21)18-14-4-2-1-3-5-14/h1-9,15H,10-11H2,(H,18,21). The Morgan fingerprint density at radius 1 is 1.14 bits per heavy atom. The number of para-hydroxylation sites is 1. The molecule has 5 heteroatoms. The van der Waals surface area contributed by atoms with Crippen molar-refractivity contribution in [1.82, 2.24) is 4.90 Å². The first kappa shape index (κ1) is 14.3. The summed E-state index contributed by atoms with van der Waals surface area (Å²) >= 11 is 11.4. The molecule has 1 aliphatic rings. The van der Waals surface area contributed by atoms with Gasteiger partial charge in [-0.15, -0.1) is 0 Å². The minimum absolute atomic E-state index is 0.161. The van der Waals surface area contributed by atoms with Crippen LogP contribution in [0.5, 0.6) is 0 Å². The van der Waals surface area contributed by atoms with Crippen LogP contribution in [-0.4, -0.2) is 23.2 Å². The highest BCUT2D eigenvalue weighted by Crippen LogP contribution is 2.28. The lowest BCUT2D eigenvalue weighted by Gasteiger charge is -2.26. The molecule has 0 amide bonds. The van der Waals surface area contributed by atoms with E-state index in [-0.39, 0.29) is 6.23 Å². The van der Waals surface area contributed by atoms with Gasteiger partial charge in [-0.2, -0.15) is 0 Å². The lowest BCUT2D eigenvalue weighted by molar-refractivity contribution is 0.0642. The summed E-state index contributed by atoms with van der Waals surface area (Å²) in [4.78, 5) is 2.05. The van der Waals surface area contributed by atoms with Gasteiger partial charge in [-0.3, -0.25) is 0 Å². The molecule has 1 atom stereocenters. The van der Waals surface area contributed by atoms with Gasteiger partial charge in [0.1, 0.15) is 0 Å². The van der Waals surface area contributed by atoms with Gasteiger partial charge in [0, 0.05) is 22.8 Å². The Morgan fingerprint density at radius 3 is 2.57 bits per heavy atom. The summed E-state index contributed by atoms with van der Waals surface area (Å²) in [6, 6.07) is 17.6. The fraction of sp³-hybridized carbons (Fsp3) is 0.188. The van der Waals surface area contributed by atoms with E-state index in [0.29, 0.717) is 16.7 Å². The van der Waals surface area contributed by atoms with E-state index in [1.165, 1.54) is 0 Å². The zero-order chi connectivity index (χ0) is 14.7. The molecule has 0 spiro atoms. The minimum atomic E-state index is -0.161. The van der Waals surface area contributed by atoms with Crippen molar-refractivity contribution in [3.8, 4) is 0 Å². The van der Waals surface area contributed by atoms with E-state index in [0.717, 1.165) is 17.8 Å². The third-order valence-corrected chi connectivity index (χ3v) is 3.92. The molecule has 2 aromatic rings. The molecular formula is C16H15ClN2OS. The maximum absolute atomic E-state index is 5.93. The number of hydrogen-bond acceptors (Lipinski definition) is 2. The normalized spacial score (nSPS) is 17.8. The number of benzene rings is 2. The molecule has 1 saturated heterocycles. The predicted molar refractivity (Wildman–Crippen MR) is 89.5 cm³/mol. The Balaban J connectivity index is 1.74. The SMILES string of the molecule is S=C(Nc1ccccc1)N1CCOC1c1ccc(Cl)cc1. The Hall–Kier alpha value is -1.62. The molecule has 1 heterocycles. The Morgan fingerprint density at radius 2 is 1.86 bits per heavy atom. The van der Waals surface area contributed by atoms with Gasteiger partial charge < -0.3 is 15.0 Å². The van der Waals surface area contributed by atoms with Gasteiger partial charge in [-0.05, 0) is 36.5 Å². The minimum Gasteiger partial charge on any atom is -0.352 e. The highest BCUT2D eigenvalue weighted by Gasteiger charge is 2.28. The maximum Gasteiger partial charge on any atom is 0.175 e. The van der Waals surface area contributed by atoms with Gasteiger partial charge in [0.05, 0.1) is 6.61 Å². The molecule has 21 heavy (non-hydrogen) atoms. The van der Waals surface area contributed by atoms with E-state index in [2.05, 4.69) is 5.32 Å². The van der Waals surface area contributed by atoms with E-state index in [1.807, 2.05) is 59.5 Å². The average Bonchev–Trinajstić information content (AvgIpc) is 2.98. The fourth-order valence-corrected chi connectivity index (χ4v) is 2.73. The lowest BCUT2D eigenvalue weighted by atomic mass is 10.2. The quantitative estimate of drug-likeness (QED) is 0.844. The summed E-state index contributed by atoms with van der Waals surface area (Å²) in [6.07, 6.45) is -0.161. The molecule has 0 saturated carbocycles. The van der Waals surface area contributed by atoms with Crippen molar-refractivity contribution < 1.29 is 4.74 Å². The largest absolute Gasteiger partial charge is 0.352 e. The second-order valence-electron chi connectivity index (χ2n) is 4.76. The summed E-state index contributed by atoms with van der Waals surface area (Å²) < 4.78 is 5.81. The molecular weight excluding hydrogens is 304 g/mol. The third kappa shape index (κ3) is 3.35. The number of thiocarbonyl (C=S) groups is 1. The molecule has 1 N–H and O–H groups in total. The first-order valence-corrected chi connectivity index (χ1v) is 7.52. The van der Waals surface area contributed by atoms with E-state index < -0.39 is 0 Å². The van der Waals surface area contributed by atoms with Gasteiger partial charge in [0.25, 0.3) is 0 Å². The summed E-state index contributed by atoms with van der Waals surface area (Å²) in [7, 11) is 0. The Bertz CT molecular complexity index is 618. The summed E-state index contributed by atoms with van der Waals surface area (Å²) in [5.41, 5.74) is 2.03. The number of ether oxygens (including phenoxy) is 1. The van der Waals surface area contributed by atoms with Crippen molar-refractivity contribution in [2.24, 2.45) is 0 Å². The highest BCUT2D eigenvalue weighted by molar-refractivity contribution is 7.80. The van der Waals surface area contributed by atoms with Crippen molar-refractivity contribution in [2.75, 3.05) is 18.5 Å². The van der Waals surface area contributed by atoms with Crippen LogP contribution in [0.25, 0.3) is 0 Å². The van der Waals surface area contributed by atoms with Crippen LogP contribution in [0.1, 0.15) is 11.8 Å². The number of hydrogen-bond donors (Lipinski definition) is 1. The highest BCUT2D eigenvalue weighted by atomic mass is 35.5. The number of nitrogens with one attached hydrogen (secondary N) is 1. The van der Waals surface area contributed by atoms with E-state index >= 15 is 0 Å². The van der Waals surface area contributed by atoms with Crippen LogP contribution in [0.2, 0.25) is 5.02 Å². The van der Waals surface area contributed by atoms with Crippen molar-refractivity contribution >= 4 is 34.6 Å². The number of nitrogens with zero attached hydrogens (tertiary/aromatic N) is 1. The van der Waals surface area contributed by atoms with Crippen LogP contribution in [0, 0.1) is 0 Å². The molecule has 2 aromatic carbocycles. The van der Waals surface area contributed by atoms with E-state index in [1.54, 1.807) is 0 Å². The van der Waals surface area contributed by atoms with Crippen molar-refractivity contribution in [3.05, 3.63) is 65.2 Å². The summed E-state index contributed by atoms with van der Waals surface area (Å²) in [5.74, 6) is 0. The molecule has 0 aliphatic carbocycles. The zero-order valence-corrected chi connectivity index (χ0v) is 12.9. The second kappa shape index (κ2) is 6.43. The number of halogens is 1. The summed E-state index contributed by atoms with van der Waals surface area (Å²) in [5, 5.41) is 4.63. The molecule has 3 nitrogen and oxygen atoms in total. The lowest BCUT2D eigenvalue weighted by Crippen LogP contribution is -2.34. The van der Waals surface area contributed by atoms with Crippen molar-refractivity contribution in [3.63, 3.8) is 0 Å². The van der Waals surface area contributed by atoms with Gasteiger partial charge in [-0.1, -0.05) is 41.9 Å². The number of rotatable bonds is 2. The second-order valence-corrected chi connectivity index (χ2v) is 5.59. The van der Waals surface area contributed by atoms with Crippen LogP contribution < -0.4 is 5.32 Å². The summed E-state index contributed by atoms with van der Waals surface area (Å²) in [6.45, 7) is 1.43.